The van der Waals surface area contributed by atoms with Crippen molar-refractivity contribution < 1.29 is 9.53 Å². The minimum atomic E-state index is 0.268. The topological polar surface area (TPSA) is 52.3 Å². The highest BCUT2D eigenvalue weighted by Gasteiger charge is 2.09. The number of ether oxygens (including phenoxy) is 1. The lowest BCUT2D eigenvalue weighted by atomic mass is 10.0. The van der Waals surface area contributed by atoms with E-state index in [1.165, 1.54) is 0 Å². The van der Waals surface area contributed by atoms with E-state index < -0.39 is 0 Å². The summed E-state index contributed by atoms with van der Waals surface area (Å²) in [6, 6.07) is 5.75. The van der Waals surface area contributed by atoms with Crippen LogP contribution in [0.15, 0.2) is 22.7 Å². The van der Waals surface area contributed by atoms with E-state index in [9.17, 15) is 4.79 Å². The summed E-state index contributed by atoms with van der Waals surface area (Å²) in [6.45, 7) is 0.739. The van der Waals surface area contributed by atoms with Crippen molar-refractivity contribution >= 4 is 21.7 Å². The lowest BCUT2D eigenvalue weighted by molar-refractivity contribution is -0.118. The Kier molecular flexibility index (Phi) is 7.75. The quantitative estimate of drug-likeness (QED) is 0.706. The van der Waals surface area contributed by atoms with Gasteiger partial charge in [0, 0.05) is 22.9 Å². The zero-order chi connectivity index (χ0) is 14.1. The fourth-order valence-corrected chi connectivity index (χ4v) is 2.41. The number of nitrogens with two attached hydrogens (primary N) is 1. The van der Waals surface area contributed by atoms with Crippen LogP contribution in [0.2, 0.25) is 0 Å². The van der Waals surface area contributed by atoms with Crippen molar-refractivity contribution in [3.8, 4) is 5.75 Å². The average Bonchev–Trinajstić information content (AvgIpc) is 2.39. The van der Waals surface area contributed by atoms with E-state index in [-0.39, 0.29) is 5.78 Å². The Morgan fingerprint density at radius 1 is 1.26 bits per heavy atom. The maximum atomic E-state index is 11.9. The third-order valence-electron chi connectivity index (χ3n) is 3.04. The predicted molar refractivity (Wildman–Crippen MR) is 81.5 cm³/mol. The van der Waals surface area contributed by atoms with Crippen LogP contribution in [0.1, 0.15) is 37.7 Å². The highest BCUT2D eigenvalue weighted by Crippen LogP contribution is 2.24. The summed E-state index contributed by atoms with van der Waals surface area (Å²) in [5.41, 5.74) is 6.38. The molecule has 19 heavy (non-hydrogen) atoms. The highest BCUT2D eigenvalue weighted by atomic mass is 79.9. The first kappa shape index (κ1) is 16.2. The maximum Gasteiger partial charge on any atom is 0.137 e. The van der Waals surface area contributed by atoms with Crippen LogP contribution in [-0.4, -0.2) is 19.4 Å². The largest absolute Gasteiger partial charge is 0.496 e. The van der Waals surface area contributed by atoms with E-state index in [1.54, 1.807) is 7.11 Å². The summed E-state index contributed by atoms with van der Waals surface area (Å²) >= 11 is 3.42. The summed E-state index contributed by atoms with van der Waals surface area (Å²) < 4.78 is 6.24. The first-order valence-electron chi connectivity index (χ1n) is 6.71. The number of carbonyl (C=O) groups excluding carboxylic acids is 1. The van der Waals surface area contributed by atoms with Crippen molar-refractivity contribution in [3.63, 3.8) is 0 Å². The number of Topliss-reactive ketones (excluding diaryl/α,β-unsaturated/α-hetero) is 1. The number of ketones is 1. The normalized spacial score (nSPS) is 10.5. The van der Waals surface area contributed by atoms with Gasteiger partial charge in [0.05, 0.1) is 7.11 Å². The van der Waals surface area contributed by atoms with Gasteiger partial charge in [0.1, 0.15) is 11.5 Å². The van der Waals surface area contributed by atoms with E-state index in [0.29, 0.717) is 12.8 Å². The number of benzene rings is 1. The second-order valence-corrected chi connectivity index (χ2v) is 5.54. The number of unbranched alkanes of at least 4 members (excludes halogenated alkanes) is 3. The molecule has 0 radical (unpaired) electrons. The molecule has 0 heterocycles. The monoisotopic (exact) mass is 327 g/mol. The van der Waals surface area contributed by atoms with Crippen LogP contribution in [0.4, 0.5) is 0 Å². The standard InChI is InChI=1S/C15H22BrNO2/c1-19-15-8-7-13(16)10-12(15)11-14(18)6-4-2-3-5-9-17/h7-8,10H,2-6,9,11,17H2,1H3. The zero-order valence-electron chi connectivity index (χ0n) is 11.5. The highest BCUT2D eigenvalue weighted by molar-refractivity contribution is 9.10. The molecular weight excluding hydrogens is 306 g/mol. The van der Waals surface area contributed by atoms with Gasteiger partial charge in [-0.15, -0.1) is 0 Å². The number of halogens is 1. The fourth-order valence-electron chi connectivity index (χ4n) is 2.01. The molecule has 0 aliphatic rings. The molecule has 4 heteroatoms. The van der Waals surface area contributed by atoms with Crippen molar-refractivity contribution in [3.05, 3.63) is 28.2 Å². The molecule has 1 rings (SSSR count). The number of hydrogen-bond acceptors (Lipinski definition) is 3. The minimum absolute atomic E-state index is 0.268. The molecular formula is C15H22BrNO2. The summed E-state index contributed by atoms with van der Waals surface area (Å²) in [4.78, 5) is 11.9. The van der Waals surface area contributed by atoms with Gasteiger partial charge >= 0.3 is 0 Å². The smallest absolute Gasteiger partial charge is 0.137 e. The molecule has 2 N–H and O–H groups in total. The SMILES string of the molecule is COc1ccc(Br)cc1CC(=O)CCCCCCN. The van der Waals surface area contributed by atoms with E-state index in [0.717, 1.165) is 48.0 Å². The molecule has 1 aromatic rings. The number of rotatable bonds is 9. The van der Waals surface area contributed by atoms with Gasteiger partial charge in [0.15, 0.2) is 0 Å². The van der Waals surface area contributed by atoms with Crippen LogP contribution in [-0.2, 0) is 11.2 Å². The second-order valence-electron chi connectivity index (χ2n) is 4.62. The molecule has 106 valence electrons. The molecule has 0 aromatic heterocycles. The molecule has 0 spiro atoms. The van der Waals surface area contributed by atoms with E-state index in [4.69, 9.17) is 10.5 Å². The lowest BCUT2D eigenvalue weighted by Gasteiger charge is -2.08. The van der Waals surface area contributed by atoms with Crippen LogP contribution in [0, 0.1) is 0 Å². The Morgan fingerprint density at radius 2 is 2.00 bits per heavy atom. The van der Waals surface area contributed by atoms with Crippen LogP contribution >= 0.6 is 15.9 Å². The van der Waals surface area contributed by atoms with Crippen molar-refractivity contribution in [2.24, 2.45) is 5.73 Å². The van der Waals surface area contributed by atoms with Gasteiger partial charge in [-0.1, -0.05) is 28.8 Å². The Labute approximate surface area is 123 Å². The van der Waals surface area contributed by atoms with E-state index >= 15 is 0 Å². The summed E-state index contributed by atoms with van der Waals surface area (Å²) in [7, 11) is 1.63. The van der Waals surface area contributed by atoms with Crippen LogP contribution in [0.25, 0.3) is 0 Å². The van der Waals surface area contributed by atoms with Gasteiger partial charge in [-0.2, -0.15) is 0 Å². The summed E-state index contributed by atoms with van der Waals surface area (Å²) in [6.07, 6.45) is 5.28. The van der Waals surface area contributed by atoms with Crippen molar-refractivity contribution in [1.82, 2.24) is 0 Å². The average molecular weight is 328 g/mol. The van der Waals surface area contributed by atoms with E-state index in [2.05, 4.69) is 15.9 Å². The molecule has 0 fully saturated rings. The number of carbonyl (C=O) groups is 1. The molecule has 0 saturated carbocycles. The van der Waals surface area contributed by atoms with Gasteiger partial charge in [-0.25, -0.2) is 0 Å². The molecule has 0 amide bonds. The van der Waals surface area contributed by atoms with Gasteiger partial charge < -0.3 is 10.5 Å². The Morgan fingerprint density at radius 3 is 2.68 bits per heavy atom. The van der Waals surface area contributed by atoms with E-state index in [1.807, 2.05) is 18.2 Å². The molecule has 0 aliphatic heterocycles. The van der Waals surface area contributed by atoms with Crippen LogP contribution in [0.5, 0.6) is 5.75 Å². The van der Waals surface area contributed by atoms with Gasteiger partial charge in [-0.3, -0.25) is 4.79 Å². The van der Waals surface area contributed by atoms with Crippen LogP contribution in [0.3, 0.4) is 0 Å². The first-order valence-corrected chi connectivity index (χ1v) is 7.51. The van der Waals surface area contributed by atoms with Gasteiger partial charge in [0.2, 0.25) is 0 Å². The predicted octanol–water partition coefficient (Wildman–Crippen LogP) is 3.48. The number of methoxy groups -OCH3 is 1. The Bertz CT molecular complexity index is 407. The van der Waals surface area contributed by atoms with Gasteiger partial charge in [-0.05, 0) is 37.6 Å². The second kappa shape index (κ2) is 9.10. The molecule has 0 bridgehead atoms. The molecule has 0 atom stereocenters. The maximum absolute atomic E-state index is 11.9. The molecule has 0 saturated heterocycles. The Balaban J connectivity index is 2.41. The molecule has 3 nitrogen and oxygen atoms in total. The molecule has 0 unspecified atom stereocenters. The molecule has 1 aromatic carbocycles. The minimum Gasteiger partial charge on any atom is -0.496 e. The van der Waals surface area contributed by atoms with Gasteiger partial charge in [0.25, 0.3) is 0 Å². The van der Waals surface area contributed by atoms with Crippen molar-refractivity contribution in [1.29, 1.82) is 0 Å². The van der Waals surface area contributed by atoms with Crippen molar-refractivity contribution in [2.45, 2.75) is 38.5 Å². The first-order chi connectivity index (χ1) is 9.17. The van der Waals surface area contributed by atoms with Crippen LogP contribution < -0.4 is 10.5 Å². The zero-order valence-corrected chi connectivity index (χ0v) is 13.0. The van der Waals surface area contributed by atoms with Crippen molar-refractivity contribution in [2.75, 3.05) is 13.7 Å². The third kappa shape index (κ3) is 6.21. The Hall–Kier alpha value is -0.870. The third-order valence-corrected chi connectivity index (χ3v) is 3.53. The summed E-state index contributed by atoms with van der Waals surface area (Å²) in [5.74, 6) is 1.05. The summed E-state index contributed by atoms with van der Waals surface area (Å²) in [5, 5.41) is 0. The number of hydrogen-bond donors (Lipinski definition) is 1. The fraction of sp³-hybridized carbons (Fsp3) is 0.533. The molecule has 0 aliphatic carbocycles. The lowest BCUT2D eigenvalue weighted by Crippen LogP contribution is -2.04.